The molecular weight excluding hydrogens is 679 g/mol. The van der Waals surface area contributed by atoms with Crippen LogP contribution in [0.15, 0.2) is 199 Å². The minimum absolute atomic E-state index is 0.679. The van der Waals surface area contributed by atoms with E-state index in [9.17, 15) is 0 Å². The average Bonchev–Trinajstić information content (AvgIpc) is 3.66. The summed E-state index contributed by atoms with van der Waals surface area (Å²) in [6.45, 7) is 0. The summed E-state index contributed by atoms with van der Waals surface area (Å²) in [5.41, 5.74) is 16.2. The highest BCUT2D eigenvalue weighted by Crippen LogP contribution is 2.43. The molecule has 270 valence electrons. The number of hydrogen-bond acceptors (Lipinski definition) is 2. The largest absolute Gasteiger partial charge is 0.456 e. The van der Waals surface area contributed by atoms with E-state index in [1.54, 1.807) is 0 Å². The quantitative estimate of drug-likeness (QED) is 0.155. The number of rotatable bonds is 8. The van der Waals surface area contributed by atoms with E-state index in [-0.39, 0.29) is 0 Å². The van der Waals surface area contributed by atoms with Crippen LogP contribution in [0, 0.1) is 0 Å². The third-order valence-corrected chi connectivity index (χ3v) is 11.7. The van der Waals surface area contributed by atoms with Crippen LogP contribution in [0.1, 0.15) is 43.6 Å². The Balaban J connectivity index is 1.07. The van der Waals surface area contributed by atoms with Crippen LogP contribution in [0.3, 0.4) is 0 Å². The molecule has 1 saturated carbocycles. The second kappa shape index (κ2) is 14.9. The van der Waals surface area contributed by atoms with Gasteiger partial charge in [0.05, 0.1) is 0 Å². The fourth-order valence-corrected chi connectivity index (χ4v) is 8.87. The summed E-state index contributed by atoms with van der Waals surface area (Å²) in [6, 6.07) is 70.4. The second-order valence-electron chi connectivity index (χ2n) is 15.1. The number of hydrogen-bond donors (Lipinski definition) is 0. The first kappa shape index (κ1) is 33.9. The van der Waals surface area contributed by atoms with Gasteiger partial charge in [-0.3, -0.25) is 0 Å². The predicted molar refractivity (Wildman–Crippen MR) is 236 cm³/mol. The van der Waals surface area contributed by atoms with Gasteiger partial charge in [0.25, 0.3) is 0 Å². The zero-order valence-corrected chi connectivity index (χ0v) is 31.4. The molecule has 0 aliphatic heterocycles. The SMILES string of the molecule is c1ccc(-c2cccc(-c3ccccc3)c2-c2ccc(N(c3ccc(-c4cccc(C5CCCCC5)c4)cc3)c3ccc4c(c3)oc3ccccc34)cc2)cc1. The van der Waals surface area contributed by atoms with Crippen LogP contribution in [0.4, 0.5) is 17.1 Å². The highest BCUT2D eigenvalue weighted by atomic mass is 16.3. The highest BCUT2D eigenvalue weighted by Gasteiger charge is 2.19. The molecule has 1 fully saturated rings. The van der Waals surface area contributed by atoms with Crippen molar-refractivity contribution in [2.45, 2.75) is 38.0 Å². The Labute approximate surface area is 329 Å². The minimum atomic E-state index is 0.679. The zero-order chi connectivity index (χ0) is 37.3. The number of para-hydroxylation sites is 1. The summed E-state index contributed by atoms with van der Waals surface area (Å²) in [6.07, 6.45) is 6.66. The average molecular weight is 722 g/mol. The molecule has 8 aromatic carbocycles. The molecule has 0 amide bonds. The van der Waals surface area contributed by atoms with E-state index in [2.05, 4.69) is 187 Å². The number of furan rings is 1. The molecule has 0 radical (unpaired) electrons. The highest BCUT2D eigenvalue weighted by molar-refractivity contribution is 6.06. The Morgan fingerprint density at radius 2 is 0.929 bits per heavy atom. The fraction of sp³-hybridized carbons (Fsp3) is 0.111. The van der Waals surface area contributed by atoms with Crippen LogP contribution in [0.5, 0.6) is 0 Å². The van der Waals surface area contributed by atoms with Crippen LogP contribution in [-0.2, 0) is 0 Å². The van der Waals surface area contributed by atoms with Crippen molar-refractivity contribution in [1.29, 1.82) is 0 Å². The molecule has 9 aromatic rings. The van der Waals surface area contributed by atoms with Gasteiger partial charge in [-0.1, -0.05) is 165 Å². The van der Waals surface area contributed by atoms with Gasteiger partial charge in [0.1, 0.15) is 11.2 Å². The second-order valence-corrected chi connectivity index (χ2v) is 15.1. The zero-order valence-electron chi connectivity index (χ0n) is 31.4. The Kier molecular flexibility index (Phi) is 9.01. The summed E-state index contributed by atoms with van der Waals surface area (Å²) >= 11 is 0. The van der Waals surface area contributed by atoms with Crippen molar-refractivity contribution in [3.63, 3.8) is 0 Å². The van der Waals surface area contributed by atoms with Crippen molar-refractivity contribution in [2.24, 2.45) is 0 Å². The van der Waals surface area contributed by atoms with Gasteiger partial charge in [0.15, 0.2) is 0 Å². The molecule has 0 bridgehead atoms. The van der Waals surface area contributed by atoms with Crippen LogP contribution in [-0.4, -0.2) is 0 Å². The van der Waals surface area contributed by atoms with Crippen molar-refractivity contribution in [2.75, 3.05) is 4.90 Å². The van der Waals surface area contributed by atoms with Gasteiger partial charge >= 0.3 is 0 Å². The first-order valence-electron chi connectivity index (χ1n) is 20.0. The molecule has 2 heteroatoms. The van der Waals surface area contributed by atoms with Crippen molar-refractivity contribution in [3.05, 3.63) is 200 Å². The number of fused-ring (bicyclic) bond motifs is 3. The molecule has 1 heterocycles. The molecule has 0 N–H and O–H groups in total. The smallest absolute Gasteiger partial charge is 0.137 e. The lowest BCUT2D eigenvalue weighted by Crippen LogP contribution is -2.09. The monoisotopic (exact) mass is 721 g/mol. The van der Waals surface area contributed by atoms with E-state index in [1.807, 2.05) is 12.1 Å². The summed E-state index contributed by atoms with van der Waals surface area (Å²) in [7, 11) is 0. The molecule has 2 nitrogen and oxygen atoms in total. The van der Waals surface area contributed by atoms with Gasteiger partial charge in [-0.05, 0) is 111 Å². The van der Waals surface area contributed by atoms with Gasteiger partial charge in [-0.2, -0.15) is 0 Å². The first-order valence-corrected chi connectivity index (χ1v) is 20.0. The molecule has 0 unspecified atom stereocenters. The maximum absolute atomic E-state index is 6.41. The maximum atomic E-state index is 6.41. The lowest BCUT2D eigenvalue weighted by molar-refractivity contribution is 0.444. The normalized spacial score (nSPS) is 13.3. The Morgan fingerprint density at radius 1 is 0.375 bits per heavy atom. The minimum Gasteiger partial charge on any atom is -0.456 e. The Morgan fingerprint density at radius 3 is 1.61 bits per heavy atom. The summed E-state index contributed by atoms with van der Waals surface area (Å²) in [5, 5.41) is 2.26. The van der Waals surface area contributed by atoms with Gasteiger partial charge in [0.2, 0.25) is 0 Å². The molecule has 0 saturated heterocycles. The van der Waals surface area contributed by atoms with E-state index in [4.69, 9.17) is 4.42 Å². The fourth-order valence-electron chi connectivity index (χ4n) is 8.87. The van der Waals surface area contributed by atoms with Gasteiger partial charge < -0.3 is 9.32 Å². The first-order chi connectivity index (χ1) is 27.8. The van der Waals surface area contributed by atoms with Gasteiger partial charge in [-0.15, -0.1) is 0 Å². The Hall–Kier alpha value is -6.64. The van der Waals surface area contributed by atoms with Crippen molar-refractivity contribution >= 4 is 39.0 Å². The van der Waals surface area contributed by atoms with Crippen LogP contribution in [0.25, 0.3) is 66.4 Å². The third-order valence-electron chi connectivity index (χ3n) is 11.7. The molecule has 1 aliphatic carbocycles. The predicted octanol–water partition coefficient (Wildman–Crippen LogP) is 15.8. The van der Waals surface area contributed by atoms with Crippen molar-refractivity contribution in [3.8, 4) is 44.5 Å². The third kappa shape index (κ3) is 6.48. The molecule has 0 atom stereocenters. The molecule has 56 heavy (non-hydrogen) atoms. The number of benzene rings is 8. The van der Waals surface area contributed by atoms with E-state index >= 15 is 0 Å². The van der Waals surface area contributed by atoms with Crippen LogP contribution >= 0.6 is 0 Å². The maximum Gasteiger partial charge on any atom is 0.137 e. The van der Waals surface area contributed by atoms with Gasteiger partial charge in [0, 0.05) is 33.9 Å². The van der Waals surface area contributed by atoms with E-state index < -0.39 is 0 Å². The molecule has 0 spiro atoms. The lowest BCUT2D eigenvalue weighted by Gasteiger charge is -2.26. The van der Waals surface area contributed by atoms with Crippen LogP contribution < -0.4 is 4.90 Å². The van der Waals surface area contributed by atoms with Crippen molar-refractivity contribution < 1.29 is 4.42 Å². The summed E-state index contributed by atoms with van der Waals surface area (Å²) in [5.74, 6) is 0.679. The summed E-state index contributed by atoms with van der Waals surface area (Å²) < 4.78 is 6.41. The van der Waals surface area contributed by atoms with Crippen LogP contribution in [0.2, 0.25) is 0 Å². The van der Waals surface area contributed by atoms with Crippen molar-refractivity contribution in [1.82, 2.24) is 0 Å². The lowest BCUT2D eigenvalue weighted by atomic mass is 9.83. The molecule has 10 rings (SSSR count). The molecular formula is C54H43NO. The van der Waals surface area contributed by atoms with E-state index in [1.165, 1.54) is 82.2 Å². The summed E-state index contributed by atoms with van der Waals surface area (Å²) in [4.78, 5) is 2.35. The molecule has 1 aromatic heterocycles. The Bertz CT molecular complexity index is 2700. The van der Waals surface area contributed by atoms with Gasteiger partial charge in [-0.25, -0.2) is 0 Å². The number of anilines is 3. The molecule has 1 aliphatic rings. The number of nitrogens with zero attached hydrogens (tertiary/aromatic N) is 1. The standard InChI is InChI=1S/C54H43NO/c1-4-14-38(15-5-1)43-20-12-21-44(36-43)39-26-30-45(31-27-39)55(47-34-35-51-50-22-10-11-25-52(50)56-53(51)37-47)46-32-28-42(29-33-46)54-48(40-16-6-2-7-17-40)23-13-24-49(54)41-18-8-3-9-19-41/h2-3,6-13,16-38H,1,4-5,14-15H2. The van der Waals surface area contributed by atoms with E-state index in [0.717, 1.165) is 39.0 Å². The van der Waals surface area contributed by atoms with E-state index in [0.29, 0.717) is 5.92 Å². The topological polar surface area (TPSA) is 16.4 Å².